The molecule has 0 saturated heterocycles. The van der Waals surface area contributed by atoms with Crippen LogP contribution in [0.1, 0.15) is 66.2 Å². The van der Waals surface area contributed by atoms with Crippen LogP contribution in [0.25, 0.3) is 0 Å². The molecule has 2 nitrogen and oxygen atoms in total. The summed E-state index contributed by atoms with van der Waals surface area (Å²) in [5, 5.41) is 0. The van der Waals surface area contributed by atoms with Gasteiger partial charge in [0.15, 0.2) is 0 Å². The number of hydrogen-bond acceptors (Lipinski definition) is 2. The van der Waals surface area contributed by atoms with Crippen molar-refractivity contribution in [2.75, 3.05) is 26.2 Å². The summed E-state index contributed by atoms with van der Waals surface area (Å²) >= 11 is 0. The maximum atomic E-state index is 4.01. The molecule has 0 heterocycles. The maximum Gasteiger partial charge on any atom is 0.203 e. The van der Waals surface area contributed by atoms with Gasteiger partial charge in [0.05, 0.1) is 8.07 Å². The summed E-state index contributed by atoms with van der Waals surface area (Å²) in [6, 6.07) is 2.86. The molecule has 0 radical (unpaired) electrons. The predicted octanol–water partition coefficient (Wildman–Crippen LogP) is 6.52. The molecular weight excluding hydrogens is 336 g/mol. The average molecular weight is 385 g/mol. The molecule has 0 aliphatic heterocycles. The third kappa shape index (κ3) is 9.03. The molecule has 0 saturated carbocycles. The topological polar surface area (TPSA) is 6.48 Å². The fourth-order valence-electron chi connectivity index (χ4n) is 4.18. The van der Waals surface area contributed by atoms with E-state index in [2.05, 4.69) is 68.7 Å². The second-order valence-electron chi connectivity index (χ2n) is 8.38. The lowest BCUT2D eigenvalue weighted by molar-refractivity contribution is 0.351. The Labute approximate surface area is 162 Å². The van der Waals surface area contributed by atoms with Crippen molar-refractivity contribution < 1.29 is 0 Å². The van der Waals surface area contributed by atoms with E-state index in [0.717, 1.165) is 0 Å². The Hall–Kier alpha value is 0.0938. The second kappa shape index (κ2) is 13.3. The van der Waals surface area contributed by atoms with Crippen molar-refractivity contribution in [3.63, 3.8) is 0 Å². The van der Waals surface area contributed by atoms with Gasteiger partial charge >= 0.3 is 0 Å². The normalized spacial score (nSPS) is 13.0. The molecule has 0 N–H and O–H groups in total. The Bertz CT molecular complexity index is 325. The molecule has 0 aromatic rings. The fraction of sp³-hybridized carbons (Fsp3) is 0.905. The number of rotatable bonds is 16. The van der Waals surface area contributed by atoms with Gasteiger partial charge in [-0.25, -0.2) is 0 Å². The number of nitrogens with zero attached hydrogens (tertiary/aromatic N) is 2. The molecule has 0 aromatic carbocycles. The van der Waals surface area contributed by atoms with Crippen LogP contribution in [0.5, 0.6) is 0 Å². The van der Waals surface area contributed by atoms with Crippen LogP contribution in [0.2, 0.25) is 31.7 Å². The van der Waals surface area contributed by atoms with E-state index in [1.54, 1.807) is 0 Å². The van der Waals surface area contributed by atoms with E-state index in [4.69, 9.17) is 0 Å². The van der Waals surface area contributed by atoms with Crippen molar-refractivity contribution in [1.29, 1.82) is 0 Å². The highest BCUT2D eigenvalue weighted by atomic mass is 28.3. The van der Waals surface area contributed by atoms with Crippen LogP contribution >= 0.6 is 0 Å². The van der Waals surface area contributed by atoms with Gasteiger partial charge in [0.2, 0.25) is 8.40 Å². The van der Waals surface area contributed by atoms with Crippen molar-refractivity contribution in [3.8, 4) is 0 Å². The smallest absolute Gasteiger partial charge is 0.203 e. The monoisotopic (exact) mass is 384 g/mol. The Morgan fingerprint density at radius 2 is 1.00 bits per heavy atom. The first kappa shape index (κ1) is 25.1. The van der Waals surface area contributed by atoms with E-state index in [1.807, 2.05) is 0 Å². The van der Waals surface area contributed by atoms with Gasteiger partial charge in [-0.2, -0.15) is 0 Å². The minimum atomic E-state index is -1.45. The molecule has 0 unspecified atom stereocenters. The summed E-state index contributed by atoms with van der Waals surface area (Å²) in [4.78, 5) is 0. The Morgan fingerprint density at radius 1 is 0.640 bits per heavy atom. The zero-order chi connectivity index (χ0) is 19.3. The lowest BCUT2D eigenvalue weighted by Crippen LogP contribution is -2.63. The minimum Gasteiger partial charge on any atom is -0.312 e. The maximum absolute atomic E-state index is 4.01. The molecule has 150 valence electrons. The van der Waals surface area contributed by atoms with E-state index in [0.29, 0.717) is 0 Å². The average Bonchev–Trinajstić information content (AvgIpc) is 2.59. The quantitative estimate of drug-likeness (QED) is 0.221. The molecule has 0 rings (SSSR count). The van der Waals surface area contributed by atoms with Crippen LogP contribution in [0.3, 0.4) is 0 Å². The standard InChI is InChI=1S/C21H48N2Si2/c1-9-22(10-2)25(8,23(11-3)12-4)21-19-17-15-14-16-18-20-24(6,7)13-5/h13H,5,9-12,14-21H2,1-4,6-8H3. The van der Waals surface area contributed by atoms with Crippen molar-refractivity contribution in [3.05, 3.63) is 12.3 Å². The highest BCUT2D eigenvalue weighted by Gasteiger charge is 2.37. The van der Waals surface area contributed by atoms with Gasteiger partial charge in [-0.3, -0.25) is 0 Å². The summed E-state index contributed by atoms with van der Waals surface area (Å²) in [5.41, 5.74) is 2.25. The molecule has 0 fully saturated rings. The fourth-order valence-corrected chi connectivity index (χ4v) is 10.2. The van der Waals surface area contributed by atoms with Crippen LogP contribution in [0, 0.1) is 0 Å². The summed E-state index contributed by atoms with van der Waals surface area (Å²) in [6.45, 7) is 25.7. The lowest BCUT2D eigenvalue weighted by Gasteiger charge is -2.46. The van der Waals surface area contributed by atoms with E-state index in [9.17, 15) is 0 Å². The van der Waals surface area contributed by atoms with E-state index >= 15 is 0 Å². The predicted molar refractivity (Wildman–Crippen MR) is 122 cm³/mol. The molecule has 4 heteroatoms. The van der Waals surface area contributed by atoms with Crippen LogP contribution in [-0.2, 0) is 0 Å². The second-order valence-corrected chi connectivity index (χ2v) is 17.5. The van der Waals surface area contributed by atoms with Crippen molar-refractivity contribution >= 4 is 16.5 Å². The van der Waals surface area contributed by atoms with Gasteiger partial charge in [0.25, 0.3) is 0 Å². The van der Waals surface area contributed by atoms with Crippen LogP contribution in [0.4, 0.5) is 0 Å². The molecule has 0 aliphatic rings. The van der Waals surface area contributed by atoms with Gasteiger partial charge < -0.3 is 9.13 Å². The van der Waals surface area contributed by atoms with Crippen molar-refractivity contribution in [1.82, 2.24) is 9.13 Å². The first-order chi connectivity index (χ1) is 11.8. The minimum absolute atomic E-state index is 1.06. The molecule has 0 bridgehead atoms. The van der Waals surface area contributed by atoms with Gasteiger partial charge in [0.1, 0.15) is 0 Å². The van der Waals surface area contributed by atoms with Crippen LogP contribution < -0.4 is 0 Å². The van der Waals surface area contributed by atoms with Gasteiger partial charge in [-0.1, -0.05) is 85.4 Å². The highest BCUT2D eigenvalue weighted by Crippen LogP contribution is 2.24. The third-order valence-electron chi connectivity index (χ3n) is 6.16. The largest absolute Gasteiger partial charge is 0.312 e. The molecule has 0 spiro atoms. The third-order valence-corrected chi connectivity index (χ3v) is 14.2. The van der Waals surface area contributed by atoms with Gasteiger partial charge in [-0.15, -0.1) is 12.3 Å². The molecule has 0 atom stereocenters. The Morgan fingerprint density at radius 3 is 1.36 bits per heavy atom. The van der Waals surface area contributed by atoms with E-state index in [1.165, 1.54) is 76.8 Å². The molecular formula is C21H48N2Si2. The summed E-state index contributed by atoms with van der Waals surface area (Å²) < 4.78 is 5.59. The number of hydrogen-bond donors (Lipinski definition) is 0. The summed E-state index contributed by atoms with van der Waals surface area (Å²) in [7, 11) is -2.51. The zero-order valence-corrected chi connectivity index (χ0v) is 20.7. The summed E-state index contributed by atoms with van der Waals surface area (Å²) in [5.74, 6) is 0. The zero-order valence-electron chi connectivity index (χ0n) is 18.7. The Balaban J connectivity index is 4.21. The molecule has 0 amide bonds. The van der Waals surface area contributed by atoms with E-state index in [-0.39, 0.29) is 0 Å². The Kier molecular flexibility index (Phi) is 13.3. The molecule has 0 aromatic heterocycles. The molecule has 25 heavy (non-hydrogen) atoms. The van der Waals surface area contributed by atoms with Gasteiger partial charge in [0, 0.05) is 0 Å². The van der Waals surface area contributed by atoms with Crippen molar-refractivity contribution in [2.24, 2.45) is 0 Å². The van der Waals surface area contributed by atoms with E-state index < -0.39 is 16.5 Å². The van der Waals surface area contributed by atoms with Crippen molar-refractivity contribution in [2.45, 2.75) is 97.9 Å². The van der Waals surface area contributed by atoms with Crippen LogP contribution in [-0.4, -0.2) is 51.8 Å². The highest BCUT2D eigenvalue weighted by molar-refractivity contribution is 6.82. The summed E-state index contributed by atoms with van der Waals surface area (Å²) in [6.07, 6.45) is 8.53. The molecule has 0 aliphatic carbocycles. The number of unbranched alkanes of at least 4 members (excludes halogenated alkanes) is 5. The first-order valence-corrected chi connectivity index (χ1v) is 16.8. The van der Waals surface area contributed by atoms with Gasteiger partial charge in [-0.05, 0) is 38.8 Å². The lowest BCUT2D eigenvalue weighted by atomic mass is 10.1. The first-order valence-electron chi connectivity index (χ1n) is 10.9. The SMILES string of the molecule is C=C[Si](C)(C)CCCCCCCC[Si](C)(N(CC)CC)N(CC)CC. The van der Waals surface area contributed by atoms with Crippen LogP contribution in [0.15, 0.2) is 12.3 Å².